The maximum atomic E-state index is 13.7. The van der Waals surface area contributed by atoms with Crippen LogP contribution in [-0.2, 0) is 15.8 Å². The van der Waals surface area contributed by atoms with Crippen molar-refractivity contribution < 1.29 is 36.4 Å². The smallest absolute Gasteiger partial charge is 0.490 e. The Morgan fingerprint density at radius 3 is 2.37 bits per heavy atom. The number of pyridine rings is 1. The molecule has 0 aliphatic heterocycles. The first kappa shape index (κ1) is 29.1. The third kappa shape index (κ3) is 7.19. The van der Waals surface area contributed by atoms with Gasteiger partial charge in [0.1, 0.15) is 23.7 Å². The van der Waals surface area contributed by atoms with E-state index in [9.17, 15) is 21.8 Å². The van der Waals surface area contributed by atoms with Gasteiger partial charge in [-0.25, -0.2) is 23.4 Å². The van der Waals surface area contributed by atoms with E-state index >= 15 is 0 Å². The third-order valence-corrected chi connectivity index (χ3v) is 6.66. The van der Waals surface area contributed by atoms with E-state index in [1.165, 1.54) is 18.5 Å². The van der Waals surface area contributed by atoms with Crippen LogP contribution in [0.4, 0.5) is 23.4 Å². The number of fused-ring (bicyclic) bond motifs is 1. The van der Waals surface area contributed by atoms with Crippen LogP contribution in [0.25, 0.3) is 33.2 Å². The van der Waals surface area contributed by atoms with Crippen LogP contribution in [-0.4, -0.2) is 43.5 Å². The predicted molar refractivity (Wildman–Crippen MR) is 145 cm³/mol. The summed E-state index contributed by atoms with van der Waals surface area (Å²) in [6.07, 6.45) is -0.398. The van der Waals surface area contributed by atoms with E-state index in [1.807, 2.05) is 42.5 Å². The Morgan fingerprint density at radius 1 is 0.951 bits per heavy atom. The van der Waals surface area contributed by atoms with Crippen LogP contribution in [0.3, 0.4) is 0 Å². The van der Waals surface area contributed by atoms with Gasteiger partial charge < -0.3 is 9.84 Å². The molecule has 0 amide bonds. The average molecular weight is 585 g/mol. The summed E-state index contributed by atoms with van der Waals surface area (Å²) in [5.41, 5.74) is 3.15. The van der Waals surface area contributed by atoms with Gasteiger partial charge in [0, 0.05) is 23.3 Å². The Labute approximate surface area is 233 Å². The van der Waals surface area contributed by atoms with Crippen molar-refractivity contribution >= 4 is 33.5 Å². The van der Waals surface area contributed by atoms with Gasteiger partial charge in [-0.15, -0.1) is 0 Å². The van der Waals surface area contributed by atoms with Crippen molar-refractivity contribution in [2.75, 3.05) is 11.8 Å². The standard InChI is InChI=1S/C26H19FN4O2S.C2HF3O2/c1-33-24-15-18(17-3-2-4-20(27)13-17)5-7-23(24)26-22-8-6-21(14-19(22)9-12-29-26)34(32)31-25-10-11-28-16-30-25;3-2(4,5)1(6)7/h2-16H,1H3,(H,28,30,31);(H,6,7). The average Bonchev–Trinajstić information content (AvgIpc) is 2.96. The highest BCUT2D eigenvalue weighted by atomic mass is 32.2. The highest BCUT2D eigenvalue weighted by Gasteiger charge is 2.38. The molecule has 0 aliphatic carbocycles. The molecule has 0 saturated heterocycles. The Hall–Kier alpha value is -4.91. The van der Waals surface area contributed by atoms with E-state index < -0.39 is 23.1 Å². The number of alkyl halides is 3. The van der Waals surface area contributed by atoms with Crippen LogP contribution in [0.1, 0.15) is 0 Å². The summed E-state index contributed by atoms with van der Waals surface area (Å²) in [5, 5.41) is 8.90. The maximum absolute atomic E-state index is 13.7. The number of rotatable bonds is 6. The van der Waals surface area contributed by atoms with Gasteiger partial charge in [-0.2, -0.15) is 13.2 Å². The van der Waals surface area contributed by atoms with Gasteiger partial charge in [0.05, 0.1) is 17.7 Å². The maximum Gasteiger partial charge on any atom is 0.490 e. The second kappa shape index (κ2) is 12.5. The van der Waals surface area contributed by atoms with E-state index in [-0.39, 0.29) is 5.82 Å². The number of aromatic nitrogens is 3. The summed E-state index contributed by atoms with van der Waals surface area (Å²) in [6.45, 7) is 0. The summed E-state index contributed by atoms with van der Waals surface area (Å²) in [6, 6.07) is 21.2. The van der Waals surface area contributed by atoms with Crippen molar-refractivity contribution in [2.45, 2.75) is 11.1 Å². The molecule has 1 atom stereocenters. The minimum absolute atomic E-state index is 0.293. The molecule has 41 heavy (non-hydrogen) atoms. The number of anilines is 1. The van der Waals surface area contributed by atoms with E-state index in [2.05, 4.69) is 19.7 Å². The van der Waals surface area contributed by atoms with Crippen molar-refractivity contribution in [1.82, 2.24) is 15.0 Å². The molecule has 13 heteroatoms. The number of nitrogens with one attached hydrogen (secondary N) is 1. The lowest BCUT2D eigenvalue weighted by Gasteiger charge is -2.13. The van der Waals surface area contributed by atoms with Crippen molar-refractivity contribution in [2.24, 2.45) is 0 Å². The Morgan fingerprint density at radius 2 is 1.71 bits per heavy atom. The van der Waals surface area contributed by atoms with Crippen molar-refractivity contribution in [1.29, 1.82) is 0 Å². The summed E-state index contributed by atoms with van der Waals surface area (Å²) >= 11 is 0. The minimum atomic E-state index is -5.08. The number of ether oxygens (including phenoxy) is 1. The lowest BCUT2D eigenvalue weighted by atomic mass is 9.99. The van der Waals surface area contributed by atoms with Gasteiger partial charge in [-0.3, -0.25) is 9.71 Å². The van der Waals surface area contributed by atoms with Crippen molar-refractivity contribution in [3.05, 3.63) is 97.3 Å². The number of halogens is 4. The molecule has 2 heterocycles. The van der Waals surface area contributed by atoms with Crippen LogP contribution in [0.2, 0.25) is 0 Å². The second-order valence-corrected chi connectivity index (χ2v) is 9.45. The van der Waals surface area contributed by atoms with Crippen molar-refractivity contribution in [3.8, 4) is 28.1 Å². The number of carboxylic acid groups (broad SMARTS) is 1. The van der Waals surface area contributed by atoms with Crippen molar-refractivity contribution in [3.63, 3.8) is 0 Å². The molecule has 0 bridgehead atoms. The van der Waals surface area contributed by atoms with Gasteiger partial charge in [-0.05, 0) is 65.0 Å². The monoisotopic (exact) mass is 584 g/mol. The second-order valence-electron chi connectivity index (χ2n) is 8.24. The molecular weight excluding hydrogens is 564 g/mol. The molecule has 210 valence electrons. The van der Waals surface area contributed by atoms with Gasteiger partial charge in [0.25, 0.3) is 0 Å². The topological polar surface area (TPSA) is 114 Å². The molecule has 2 aromatic heterocycles. The summed E-state index contributed by atoms with van der Waals surface area (Å²) in [4.78, 5) is 22.0. The van der Waals surface area contributed by atoms with Gasteiger partial charge in [0.2, 0.25) is 0 Å². The molecule has 0 aliphatic rings. The van der Waals surface area contributed by atoms with E-state index in [0.29, 0.717) is 16.5 Å². The molecule has 8 nitrogen and oxygen atoms in total. The van der Waals surface area contributed by atoms with Gasteiger partial charge >= 0.3 is 12.1 Å². The number of carboxylic acids is 1. The molecule has 0 spiro atoms. The van der Waals surface area contributed by atoms with E-state index in [1.54, 1.807) is 37.7 Å². The largest absolute Gasteiger partial charge is 0.496 e. The predicted octanol–water partition coefficient (Wildman–Crippen LogP) is 6.27. The quantitative estimate of drug-likeness (QED) is 0.226. The SMILES string of the molecule is COc1cc(-c2cccc(F)c2)ccc1-c1nccc2cc(S(=O)Nc3ccncn3)ccc12.O=C(O)C(F)(F)F. The molecular formula is C28H20F4N4O4S. The highest BCUT2D eigenvalue weighted by molar-refractivity contribution is 7.86. The van der Waals surface area contributed by atoms with Crippen LogP contribution < -0.4 is 9.46 Å². The first-order chi connectivity index (χ1) is 19.6. The number of methoxy groups -OCH3 is 1. The normalized spacial score (nSPS) is 11.7. The third-order valence-electron chi connectivity index (χ3n) is 5.59. The molecule has 0 fully saturated rings. The summed E-state index contributed by atoms with van der Waals surface area (Å²) < 4.78 is 66.8. The van der Waals surface area contributed by atoms with Crippen LogP contribution in [0.5, 0.6) is 5.75 Å². The fourth-order valence-corrected chi connectivity index (χ4v) is 4.58. The number of carbonyl (C=O) groups is 1. The highest BCUT2D eigenvalue weighted by Crippen LogP contribution is 2.37. The zero-order valence-corrected chi connectivity index (χ0v) is 21.9. The fraction of sp³-hybridized carbons (Fsp3) is 0.0714. The lowest BCUT2D eigenvalue weighted by Crippen LogP contribution is -2.21. The zero-order valence-electron chi connectivity index (χ0n) is 21.1. The number of benzene rings is 3. The summed E-state index contributed by atoms with van der Waals surface area (Å²) in [5.74, 6) is -1.95. The van der Waals surface area contributed by atoms with Crippen LogP contribution >= 0.6 is 0 Å². The van der Waals surface area contributed by atoms with E-state index in [4.69, 9.17) is 14.6 Å². The Kier molecular flexibility index (Phi) is 8.87. The molecule has 0 radical (unpaired) electrons. The number of nitrogens with zero attached hydrogens (tertiary/aromatic N) is 3. The first-order valence-corrected chi connectivity index (χ1v) is 12.8. The van der Waals surface area contributed by atoms with E-state index in [0.717, 1.165) is 33.2 Å². The Bertz CT molecular complexity index is 1720. The first-order valence-electron chi connectivity index (χ1n) is 11.6. The number of hydrogen-bond acceptors (Lipinski definition) is 6. The van der Waals surface area contributed by atoms with Gasteiger partial charge in [-0.1, -0.05) is 24.3 Å². The molecule has 0 saturated carbocycles. The molecule has 1 unspecified atom stereocenters. The molecule has 3 aromatic carbocycles. The minimum Gasteiger partial charge on any atom is -0.496 e. The van der Waals surface area contributed by atoms with Crippen LogP contribution in [0, 0.1) is 5.82 Å². The molecule has 5 aromatic rings. The molecule has 2 N–H and O–H groups in total. The fourth-order valence-electron chi connectivity index (χ4n) is 3.73. The zero-order chi connectivity index (χ0) is 29.6. The Balaban J connectivity index is 0.000000493. The molecule has 5 rings (SSSR count). The number of aliphatic carboxylic acids is 1. The number of hydrogen-bond donors (Lipinski definition) is 2. The lowest BCUT2D eigenvalue weighted by molar-refractivity contribution is -0.192. The van der Waals surface area contributed by atoms with Crippen LogP contribution in [0.15, 0.2) is 96.4 Å². The van der Waals surface area contributed by atoms with Gasteiger partial charge in [0.15, 0.2) is 11.0 Å². The summed E-state index contributed by atoms with van der Waals surface area (Å²) in [7, 11) is 0.107.